The van der Waals surface area contributed by atoms with E-state index in [0.717, 1.165) is 47.3 Å². The van der Waals surface area contributed by atoms with E-state index in [1.165, 1.54) is 24.3 Å². The highest BCUT2D eigenvalue weighted by molar-refractivity contribution is 7.92. The van der Waals surface area contributed by atoms with Crippen molar-refractivity contribution in [3.63, 3.8) is 0 Å². The van der Waals surface area contributed by atoms with E-state index in [1.54, 1.807) is 12.1 Å². The molecule has 2 aliphatic carbocycles. The van der Waals surface area contributed by atoms with Crippen molar-refractivity contribution in [3.8, 4) is 17.2 Å². The number of aromatic nitrogens is 1. The SMILES string of the molecule is N#Cc1ccc(S(=O)(=O)Nc2ccc(-c3cc(CC(=O)C4CC4)nc4c3C=CC4)cc2)cc1. The van der Waals surface area contributed by atoms with Gasteiger partial charge in [-0.1, -0.05) is 24.3 Å². The number of nitrogens with one attached hydrogen (secondary N) is 1. The lowest BCUT2D eigenvalue weighted by molar-refractivity contribution is -0.119. The molecule has 6 nitrogen and oxygen atoms in total. The lowest BCUT2D eigenvalue weighted by atomic mass is 9.97. The van der Waals surface area contributed by atoms with Gasteiger partial charge in [-0.05, 0) is 66.4 Å². The fourth-order valence-electron chi connectivity index (χ4n) is 3.99. The number of pyridine rings is 1. The molecule has 5 rings (SSSR count). The highest BCUT2D eigenvalue weighted by Gasteiger charge is 2.30. The Morgan fingerprint density at radius 2 is 1.82 bits per heavy atom. The maximum Gasteiger partial charge on any atom is 0.261 e. The molecule has 33 heavy (non-hydrogen) atoms. The molecule has 0 spiro atoms. The summed E-state index contributed by atoms with van der Waals surface area (Å²) in [4.78, 5) is 17.1. The zero-order valence-electron chi connectivity index (χ0n) is 17.8. The Hall–Kier alpha value is -3.76. The normalized spacial score (nSPS) is 14.5. The molecular weight excluding hydrogens is 434 g/mol. The molecule has 0 bridgehead atoms. The third-order valence-corrected chi connectivity index (χ3v) is 7.31. The molecule has 0 atom stereocenters. The van der Waals surface area contributed by atoms with Gasteiger partial charge in [0.15, 0.2) is 0 Å². The fourth-order valence-corrected chi connectivity index (χ4v) is 5.05. The van der Waals surface area contributed by atoms with Gasteiger partial charge in [-0.3, -0.25) is 14.5 Å². The minimum Gasteiger partial charge on any atom is -0.299 e. The van der Waals surface area contributed by atoms with Crippen LogP contribution in [0.1, 0.15) is 35.4 Å². The van der Waals surface area contributed by atoms with Crippen LogP contribution >= 0.6 is 0 Å². The standard InChI is InChI=1S/C26H21N3O3S/c27-16-17-4-12-22(13-5-17)33(31,32)29-20-10-8-18(9-11-20)24-14-21(15-26(30)19-6-7-19)28-25-3-1-2-23(24)25/h1-2,4-5,8-14,19,29H,3,6-7,15H2. The van der Waals surface area contributed by atoms with E-state index in [2.05, 4.69) is 10.8 Å². The number of ketones is 1. The fraction of sp³-hybridized carbons (Fsp3) is 0.192. The number of sulfonamides is 1. The summed E-state index contributed by atoms with van der Waals surface area (Å²) >= 11 is 0. The average molecular weight is 456 g/mol. The first-order chi connectivity index (χ1) is 15.9. The first-order valence-electron chi connectivity index (χ1n) is 10.8. The molecule has 164 valence electrons. The van der Waals surface area contributed by atoms with Crippen LogP contribution < -0.4 is 4.72 Å². The summed E-state index contributed by atoms with van der Waals surface area (Å²) in [5, 5.41) is 8.89. The minimum absolute atomic E-state index is 0.0904. The average Bonchev–Trinajstić information content (AvgIpc) is 3.57. The number of hydrogen-bond acceptors (Lipinski definition) is 5. The van der Waals surface area contributed by atoms with Crippen LogP contribution in [0.4, 0.5) is 5.69 Å². The molecule has 2 aliphatic rings. The summed E-state index contributed by atoms with van der Waals surface area (Å²) in [6.45, 7) is 0. The Bertz CT molecular complexity index is 1410. The highest BCUT2D eigenvalue weighted by atomic mass is 32.2. The summed E-state index contributed by atoms with van der Waals surface area (Å²) in [5.41, 5.74) is 5.56. The zero-order valence-corrected chi connectivity index (χ0v) is 18.6. The van der Waals surface area contributed by atoms with Gasteiger partial charge in [0.2, 0.25) is 0 Å². The minimum atomic E-state index is -3.77. The number of rotatable bonds is 7. The van der Waals surface area contributed by atoms with Crippen LogP contribution in [0.5, 0.6) is 0 Å². The van der Waals surface area contributed by atoms with Gasteiger partial charge >= 0.3 is 0 Å². The number of anilines is 1. The van der Waals surface area contributed by atoms with E-state index in [0.29, 0.717) is 17.7 Å². The van der Waals surface area contributed by atoms with Crippen molar-refractivity contribution in [1.82, 2.24) is 4.98 Å². The van der Waals surface area contributed by atoms with Crippen LogP contribution in [-0.2, 0) is 27.7 Å². The molecule has 1 aromatic heterocycles. The zero-order chi connectivity index (χ0) is 23.0. The molecule has 1 saturated carbocycles. The Morgan fingerprint density at radius 3 is 2.48 bits per heavy atom. The molecule has 7 heteroatoms. The number of hydrogen-bond donors (Lipinski definition) is 1. The van der Waals surface area contributed by atoms with E-state index < -0.39 is 10.0 Å². The first-order valence-corrected chi connectivity index (χ1v) is 12.3. The second kappa shape index (κ2) is 8.30. The highest BCUT2D eigenvalue weighted by Crippen LogP contribution is 2.34. The number of benzene rings is 2. The molecular formula is C26H21N3O3S. The Labute approximate surface area is 192 Å². The Kier molecular flexibility index (Phi) is 5.31. The third kappa shape index (κ3) is 4.43. The number of Topliss-reactive ketones (excluding diaryl/α,β-unsaturated/α-hetero) is 1. The predicted octanol–water partition coefficient (Wildman–Crippen LogP) is 4.51. The topological polar surface area (TPSA) is 99.9 Å². The molecule has 0 saturated heterocycles. The van der Waals surface area contributed by atoms with E-state index in [9.17, 15) is 13.2 Å². The van der Waals surface area contributed by atoms with Crippen LogP contribution in [0.15, 0.2) is 65.6 Å². The van der Waals surface area contributed by atoms with Gasteiger partial charge in [0.25, 0.3) is 10.0 Å². The maximum absolute atomic E-state index is 12.7. The lowest BCUT2D eigenvalue weighted by Gasteiger charge is -2.13. The van der Waals surface area contributed by atoms with Gasteiger partial charge in [0.05, 0.1) is 22.2 Å². The second-order valence-corrected chi connectivity index (χ2v) is 10.0. The van der Waals surface area contributed by atoms with Gasteiger partial charge in [-0.25, -0.2) is 8.42 Å². The second-order valence-electron chi connectivity index (χ2n) is 8.36. The summed E-state index contributed by atoms with van der Waals surface area (Å²) < 4.78 is 27.9. The number of carbonyl (C=O) groups excluding carboxylic acids is 1. The third-order valence-electron chi connectivity index (χ3n) is 5.92. The van der Waals surface area contributed by atoms with Gasteiger partial charge in [-0.15, -0.1) is 0 Å². The van der Waals surface area contributed by atoms with Crippen molar-refractivity contribution in [2.24, 2.45) is 5.92 Å². The first kappa shape index (κ1) is 21.1. The van der Waals surface area contributed by atoms with Crippen molar-refractivity contribution in [2.45, 2.75) is 30.6 Å². The number of nitriles is 1. The predicted molar refractivity (Wildman–Crippen MR) is 126 cm³/mol. The molecule has 1 N–H and O–H groups in total. The van der Waals surface area contributed by atoms with Gasteiger partial charge in [0, 0.05) is 35.7 Å². The van der Waals surface area contributed by atoms with Crippen molar-refractivity contribution in [2.75, 3.05) is 4.72 Å². The van der Waals surface area contributed by atoms with E-state index >= 15 is 0 Å². The van der Waals surface area contributed by atoms with Crippen molar-refractivity contribution >= 4 is 27.6 Å². The van der Waals surface area contributed by atoms with Crippen molar-refractivity contribution in [3.05, 3.63) is 83.2 Å². The number of carbonyl (C=O) groups is 1. The molecule has 2 aromatic carbocycles. The largest absolute Gasteiger partial charge is 0.299 e. The summed E-state index contributed by atoms with van der Waals surface area (Å²) in [7, 11) is -3.77. The van der Waals surface area contributed by atoms with E-state index in [4.69, 9.17) is 10.2 Å². The number of fused-ring (bicyclic) bond motifs is 1. The van der Waals surface area contributed by atoms with Crippen molar-refractivity contribution in [1.29, 1.82) is 5.26 Å². The Morgan fingerprint density at radius 1 is 1.09 bits per heavy atom. The van der Waals surface area contributed by atoms with E-state index in [-0.39, 0.29) is 16.6 Å². The quantitative estimate of drug-likeness (QED) is 0.565. The number of allylic oxidation sites excluding steroid dienone is 1. The monoisotopic (exact) mass is 455 g/mol. The Balaban J connectivity index is 1.40. The number of nitrogens with zero attached hydrogens (tertiary/aromatic N) is 2. The summed E-state index contributed by atoms with van der Waals surface area (Å²) in [5.74, 6) is 0.456. The molecule has 3 aromatic rings. The lowest BCUT2D eigenvalue weighted by Crippen LogP contribution is -2.12. The van der Waals surface area contributed by atoms with Gasteiger partial charge in [-0.2, -0.15) is 5.26 Å². The van der Waals surface area contributed by atoms with Crippen LogP contribution in [-0.4, -0.2) is 19.2 Å². The van der Waals surface area contributed by atoms with Crippen LogP contribution in [0.3, 0.4) is 0 Å². The molecule has 0 aliphatic heterocycles. The van der Waals surface area contributed by atoms with Gasteiger partial charge < -0.3 is 0 Å². The maximum atomic E-state index is 12.7. The van der Waals surface area contributed by atoms with Gasteiger partial charge in [0.1, 0.15) is 5.78 Å². The molecule has 1 fully saturated rings. The molecule has 1 heterocycles. The van der Waals surface area contributed by atoms with Crippen LogP contribution in [0.2, 0.25) is 0 Å². The smallest absolute Gasteiger partial charge is 0.261 e. The molecule has 0 unspecified atom stereocenters. The van der Waals surface area contributed by atoms with E-state index in [1.807, 2.05) is 30.3 Å². The van der Waals surface area contributed by atoms with Crippen LogP contribution in [0, 0.1) is 17.2 Å². The summed E-state index contributed by atoms with van der Waals surface area (Å²) in [6.07, 6.45) is 7.18. The van der Waals surface area contributed by atoms with Crippen molar-refractivity contribution < 1.29 is 13.2 Å². The van der Waals surface area contributed by atoms with Crippen LogP contribution in [0.25, 0.3) is 17.2 Å². The molecule has 0 radical (unpaired) electrons. The molecule has 0 amide bonds. The summed E-state index contributed by atoms with van der Waals surface area (Å²) in [6, 6.07) is 16.9.